The number of aromatic nitrogens is 2. The predicted molar refractivity (Wildman–Crippen MR) is 118 cm³/mol. The van der Waals surface area contributed by atoms with Gasteiger partial charge in [0.1, 0.15) is 5.82 Å². The standard InChI is InChI=1S/C20H23N5.HI/c1-14-23-18-7-2-3-8-19(18)25(14)12-11-22-20(21)24-17-10-9-15-5-4-6-16(15)13-17;/h2-3,7-10,13H,4-6,11-12H2,1H3,(H3,21,22,24);1H. The molecule has 0 radical (unpaired) electrons. The Morgan fingerprint density at radius 3 is 2.88 bits per heavy atom. The van der Waals surface area contributed by atoms with Gasteiger partial charge in [-0.15, -0.1) is 24.0 Å². The Kier molecular flexibility index (Phi) is 5.80. The highest BCUT2D eigenvalue weighted by atomic mass is 127. The molecule has 1 aromatic heterocycles. The van der Waals surface area contributed by atoms with Crippen molar-refractivity contribution in [2.45, 2.75) is 32.7 Å². The summed E-state index contributed by atoms with van der Waals surface area (Å²) >= 11 is 0. The fourth-order valence-corrected chi connectivity index (χ4v) is 3.59. The molecule has 1 aliphatic carbocycles. The summed E-state index contributed by atoms with van der Waals surface area (Å²) in [5.41, 5.74) is 12.1. The van der Waals surface area contributed by atoms with Gasteiger partial charge in [0.25, 0.3) is 0 Å². The zero-order valence-electron chi connectivity index (χ0n) is 14.9. The summed E-state index contributed by atoms with van der Waals surface area (Å²) in [7, 11) is 0. The van der Waals surface area contributed by atoms with Crippen molar-refractivity contribution in [3.05, 3.63) is 59.4 Å². The number of nitrogens with zero attached hydrogens (tertiary/aromatic N) is 3. The molecule has 0 spiro atoms. The number of halogens is 1. The number of aliphatic imine (C=N–C) groups is 1. The lowest BCUT2D eigenvalue weighted by Crippen LogP contribution is -2.23. The van der Waals surface area contributed by atoms with Crippen molar-refractivity contribution in [2.24, 2.45) is 10.7 Å². The first kappa shape index (κ1) is 18.7. The number of hydrogen-bond donors (Lipinski definition) is 2. The van der Waals surface area contributed by atoms with E-state index in [9.17, 15) is 0 Å². The van der Waals surface area contributed by atoms with Gasteiger partial charge in [0.15, 0.2) is 5.96 Å². The molecule has 0 saturated heterocycles. The van der Waals surface area contributed by atoms with Gasteiger partial charge in [-0.25, -0.2) is 4.98 Å². The molecule has 0 bridgehead atoms. The van der Waals surface area contributed by atoms with Crippen molar-refractivity contribution in [1.82, 2.24) is 9.55 Å². The summed E-state index contributed by atoms with van der Waals surface area (Å²) in [5.74, 6) is 1.46. The molecule has 1 heterocycles. The van der Waals surface area contributed by atoms with Crippen LogP contribution >= 0.6 is 24.0 Å². The molecule has 2 aromatic carbocycles. The van der Waals surface area contributed by atoms with E-state index < -0.39 is 0 Å². The monoisotopic (exact) mass is 461 g/mol. The summed E-state index contributed by atoms with van der Waals surface area (Å²) in [6.07, 6.45) is 3.60. The lowest BCUT2D eigenvalue weighted by atomic mass is 10.1. The van der Waals surface area contributed by atoms with Gasteiger partial charge < -0.3 is 15.6 Å². The third-order valence-electron chi connectivity index (χ3n) is 4.82. The Morgan fingerprint density at radius 2 is 2.00 bits per heavy atom. The quantitative estimate of drug-likeness (QED) is 0.352. The van der Waals surface area contributed by atoms with Gasteiger partial charge in [0, 0.05) is 12.2 Å². The van der Waals surface area contributed by atoms with Crippen LogP contribution in [0.15, 0.2) is 47.5 Å². The Balaban J connectivity index is 0.00000196. The van der Waals surface area contributed by atoms with E-state index in [0.29, 0.717) is 12.5 Å². The molecule has 0 unspecified atom stereocenters. The molecule has 0 saturated carbocycles. The minimum absolute atomic E-state index is 0. The minimum Gasteiger partial charge on any atom is -0.370 e. The number of anilines is 1. The number of para-hydroxylation sites is 2. The second-order valence-electron chi connectivity index (χ2n) is 6.53. The maximum atomic E-state index is 6.06. The van der Waals surface area contributed by atoms with Crippen LogP contribution in [-0.4, -0.2) is 22.1 Å². The minimum atomic E-state index is 0. The number of guanidine groups is 1. The Hall–Kier alpha value is -2.09. The van der Waals surface area contributed by atoms with E-state index in [-0.39, 0.29) is 24.0 Å². The van der Waals surface area contributed by atoms with Crippen molar-refractivity contribution in [1.29, 1.82) is 0 Å². The van der Waals surface area contributed by atoms with Gasteiger partial charge in [0.2, 0.25) is 0 Å². The number of fused-ring (bicyclic) bond motifs is 2. The Labute approximate surface area is 170 Å². The van der Waals surface area contributed by atoms with Crippen molar-refractivity contribution in [3.63, 3.8) is 0 Å². The summed E-state index contributed by atoms with van der Waals surface area (Å²) in [6, 6.07) is 14.6. The molecular weight excluding hydrogens is 437 g/mol. The van der Waals surface area contributed by atoms with Crippen LogP contribution in [-0.2, 0) is 19.4 Å². The SMILES string of the molecule is Cc1nc2ccccc2n1CCN=C(N)Nc1ccc2c(c1)CCC2.I. The fraction of sp³-hybridized carbons (Fsp3) is 0.300. The van der Waals surface area contributed by atoms with E-state index in [0.717, 1.165) is 35.5 Å². The van der Waals surface area contributed by atoms with E-state index in [4.69, 9.17) is 5.73 Å². The Bertz CT molecular complexity index is 945. The number of rotatable bonds is 4. The van der Waals surface area contributed by atoms with Gasteiger partial charge in [-0.3, -0.25) is 4.99 Å². The lowest BCUT2D eigenvalue weighted by molar-refractivity contribution is 0.704. The average Bonchev–Trinajstić information content (AvgIpc) is 3.19. The summed E-state index contributed by atoms with van der Waals surface area (Å²) in [4.78, 5) is 9.05. The second-order valence-corrected chi connectivity index (χ2v) is 6.53. The van der Waals surface area contributed by atoms with Crippen molar-refractivity contribution >= 4 is 46.7 Å². The van der Waals surface area contributed by atoms with Crippen molar-refractivity contribution in [2.75, 3.05) is 11.9 Å². The van der Waals surface area contributed by atoms with Gasteiger partial charge >= 0.3 is 0 Å². The maximum Gasteiger partial charge on any atom is 0.193 e. The van der Waals surface area contributed by atoms with Crippen LogP contribution in [0.2, 0.25) is 0 Å². The normalized spacial score (nSPS) is 13.5. The van der Waals surface area contributed by atoms with Crippen LogP contribution < -0.4 is 11.1 Å². The molecule has 3 aromatic rings. The van der Waals surface area contributed by atoms with Crippen LogP contribution in [0.1, 0.15) is 23.4 Å². The third kappa shape index (κ3) is 3.85. The topological polar surface area (TPSA) is 68.2 Å². The molecule has 0 fully saturated rings. The molecule has 5 nitrogen and oxygen atoms in total. The molecule has 4 rings (SSSR count). The van der Waals surface area contributed by atoms with E-state index in [1.165, 1.54) is 24.0 Å². The summed E-state index contributed by atoms with van der Waals surface area (Å²) in [6.45, 7) is 3.40. The summed E-state index contributed by atoms with van der Waals surface area (Å²) < 4.78 is 2.18. The number of benzene rings is 2. The van der Waals surface area contributed by atoms with Gasteiger partial charge in [-0.1, -0.05) is 18.2 Å². The highest BCUT2D eigenvalue weighted by molar-refractivity contribution is 14.0. The maximum absolute atomic E-state index is 6.06. The zero-order chi connectivity index (χ0) is 17.2. The zero-order valence-corrected chi connectivity index (χ0v) is 17.2. The molecule has 0 atom stereocenters. The lowest BCUT2D eigenvalue weighted by Gasteiger charge is -2.09. The molecule has 0 amide bonds. The molecule has 6 heteroatoms. The van der Waals surface area contributed by atoms with E-state index in [2.05, 4.69) is 44.1 Å². The number of nitrogens with two attached hydrogens (primary N) is 1. The molecule has 1 aliphatic rings. The first-order valence-electron chi connectivity index (χ1n) is 8.81. The third-order valence-corrected chi connectivity index (χ3v) is 4.82. The average molecular weight is 461 g/mol. The molecule has 136 valence electrons. The number of imidazole rings is 1. The molecule has 26 heavy (non-hydrogen) atoms. The summed E-state index contributed by atoms with van der Waals surface area (Å²) in [5, 5.41) is 3.21. The number of hydrogen-bond acceptors (Lipinski definition) is 2. The predicted octanol–water partition coefficient (Wildman–Crippen LogP) is 3.88. The van der Waals surface area contributed by atoms with Crippen LogP contribution in [0.5, 0.6) is 0 Å². The second kappa shape index (κ2) is 8.07. The number of aryl methyl sites for hydroxylation is 3. The largest absolute Gasteiger partial charge is 0.370 e. The van der Waals surface area contributed by atoms with E-state index in [1.54, 1.807) is 0 Å². The van der Waals surface area contributed by atoms with Crippen molar-refractivity contribution < 1.29 is 0 Å². The van der Waals surface area contributed by atoms with Gasteiger partial charge in [-0.05, 0) is 61.6 Å². The van der Waals surface area contributed by atoms with Crippen LogP contribution in [0.25, 0.3) is 11.0 Å². The van der Waals surface area contributed by atoms with Crippen LogP contribution in [0.4, 0.5) is 5.69 Å². The van der Waals surface area contributed by atoms with Crippen LogP contribution in [0, 0.1) is 6.92 Å². The number of nitrogens with one attached hydrogen (secondary N) is 1. The molecular formula is C20H24IN5. The highest BCUT2D eigenvalue weighted by Crippen LogP contribution is 2.24. The van der Waals surface area contributed by atoms with Crippen molar-refractivity contribution in [3.8, 4) is 0 Å². The van der Waals surface area contributed by atoms with E-state index in [1.807, 2.05) is 25.1 Å². The first-order chi connectivity index (χ1) is 12.2. The van der Waals surface area contributed by atoms with E-state index >= 15 is 0 Å². The Morgan fingerprint density at radius 1 is 1.19 bits per heavy atom. The van der Waals surface area contributed by atoms with Crippen LogP contribution in [0.3, 0.4) is 0 Å². The molecule has 0 aliphatic heterocycles. The highest BCUT2D eigenvalue weighted by Gasteiger charge is 2.11. The van der Waals surface area contributed by atoms with Gasteiger partial charge in [-0.2, -0.15) is 0 Å². The molecule has 3 N–H and O–H groups in total. The smallest absolute Gasteiger partial charge is 0.193 e. The van der Waals surface area contributed by atoms with Gasteiger partial charge in [0.05, 0.1) is 17.6 Å². The first-order valence-corrected chi connectivity index (χ1v) is 8.81. The fourth-order valence-electron chi connectivity index (χ4n) is 3.59.